The molecule has 0 radical (unpaired) electrons. The third-order valence-electron chi connectivity index (χ3n) is 2.93. The van der Waals surface area contributed by atoms with Gasteiger partial charge in [-0.3, -0.25) is 0 Å². The van der Waals surface area contributed by atoms with Gasteiger partial charge in [-0.2, -0.15) is 5.26 Å². The Kier molecular flexibility index (Phi) is 4.41. The summed E-state index contributed by atoms with van der Waals surface area (Å²) in [6.45, 7) is 0. The summed E-state index contributed by atoms with van der Waals surface area (Å²) in [6.07, 6.45) is 0. The van der Waals surface area contributed by atoms with Gasteiger partial charge in [0.2, 0.25) is 0 Å². The summed E-state index contributed by atoms with van der Waals surface area (Å²) < 4.78 is 10.4. The second-order valence-electron chi connectivity index (χ2n) is 4.23. The molecule has 0 aliphatic rings. The Hall–Kier alpha value is -2.58. The predicted molar refractivity (Wildman–Crippen MR) is 83.4 cm³/mol. The first-order valence-electron chi connectivity index (χ1n) is 6.07. The first-order valence-corrected chi connectivity index (χ1v) is 6.45. The Labute approximate surface area is 127 Å². The lowest BCUT2D eigenvalue weighted by Gasteiger charge is -2.15. The zero-order valence-electron chi connectivity index (χ0n) is 11.6. The van der Waals surface area contributed by atoms with Gasteiger partial charge < -0.3 is 20.5 Å². The number of hydrogen-bond donors (Lipinski definition) is 2. The molecule has 0 atom stereocenters. The van der Waals surface area contributed by atoms with Crippen molar-refractivity contribution < 1.29 is 9.47 Å². The fraction of sp³-hybridized carbons (Fsp3) is 0.133. The molecule has 0 bridgehead atoms. The average Bonchev–Trinajstić information content (AvgIpc) is 2.49. The number of methoxy groups -OCH3 is 2. The van der Waals surface area contributed by atoms with E-state index < -0.39 is 0 Å². The smallest absolute Gasteiger partial charge is 0.146 e. The molecule has 0 heterocycles. The van der Waals surface area contributed by atoms with Gasteiger partial charge >= 0.3 is 0 Å². The molecule has 0 spiro atoms. The molecule has 0 amide bonds. The zero-order chi connectivity index (χ0) is 15.4. The molecular weight excluding hydrogens is 290 g/mol. The molecule has 3 N–H and O–H groups in total. The highest BCUT2D eigenvalue weighted by Gasteiger charge is 2.11. The van der Waals surface area contributed by atoms with Crippen LogP contribution in [-0.2, 0) is 0 Å². The van der Waals surface area contributed by atoms with Gasteiger partial charge in [0.05, 0.1) is 47.9 Å². The van der Waals surface area contributed by atoms with Crippen LogP contribution in [0.5, 0.6) is 11.5 Å². The van der Waals surface area contributed by atoms with Crippen LogP contribution in [0.1, 0.15) is 5.56 Å². The summed E-state index contributed by atoms with van der Waals surface area (Å²) in [4.78, 5) is 0. The summed E-state index contributed by atoms with van der Waals surface area (Å²) in [5.41, 5.74) is 8.16. The van der Waals surface area contributed by atoms with Crippen LogP contribution in [0.25, 0.3) is 0 Å². The number of hydrogen-bond acceptors (Lipinski definition) is 5. The first kappa shape index (κ1) is 14.8. The van der Waals surface area contributed by atoms with Crippen molar-refractivity contribution in [3.63, 3.8) is 0 Å². The highest BCUT2D eigenvalue weighted by Crippen LogP contribution is 2.38. The molecular formula is C15H14ClN3O2. The van der Waals surface area contributed by atoms with Crippen molar-refractivity contribution in [1.29, 1.82) is 5.26 Å². The molecule has 0 aromatic heterocycles. The van der Waals surface area contributed by atoms with Crippen LogP contribution in [0.15, 0.2) is 30.3 Å². The highest BCUT2D eigenvalue weighted by molar-refractivity contribution is 6.32. The van der Waals surface area contributed by atoms with Crippen molar-refractivity contribution in [1.82, 2.24) is 0 Å². The number of nitrogens with zero attached hydrogens (tertiary/aromatic N) is 1. The molecule has 5 nitrogen and oxygen atoms in total. The Morgan fingerprint density at radius 3 is 2.43 bits per heavy atom. The monoisotopic (exact) mass is 303 g/mol. The van der Waals surface area contributed by atoms with E-state index in [-0.39, 0.29) is 0 Å². The third-order valence-corrected chi connectivity index (χ3v) is 3.22. The second-order valence-corrected chi connectivity index (χ2v) is 4.63. The normalized spacial score (nSPS) is 9.81. The van der Waals surface area contributed by atoms with Gasteiger partial charge in [-0.1, -0.05) is 11.6 Å². The Morgan fingerprint density at radius 2 is 1.81 bits per heavy atom. The van der Waals surface area contributed by atoms with E-state index in [0.717, 1.165) is 0 Å². The summed E-state index contributed by atoms with van der Waals surface area (Å²) in [5.74, 6) is 1.07. The minimum Gasteiger partial charge on any atom is -0.495 e. The molecule has 0 aliphatic heterocycles. The first-order chi connectivity index (χ1) is 10.1. The second kappa shape index (κ2) is 6.25. The van der Waals surface area contributed by atoms with E-state index in [2.05, 4.69) is 11.4 Å². The molecule has 0 aliphatic carbocycles. The van der Waals surface area contributed by atoms with E-state index in [9.17, 15) is 0 Å². The maximum atomic E-state index is 8.95. The van der Waals surface area contributed by atoms with Gasteiger partial charge in [0.15, 0.2) is 0 Å². The Bertz CT molecular complexity index is 711. The average molecular weight is 304 g/mol. The van der Waals surface area contributed by atoms with Crippen molar-refractivity contribution in [2.45, 2.75) is 0 Å². The minimum absolute atomic E-state index is 0.441. The van der Waals surface area contributed by atoms with Crippen molar-refractivity contribution >= 4 is 28.7 Å². The standard InChI is InChI=1S/C15H14ClN3O2/c1-20-14-7-15(21-2)13(6-10(14)16)19-12-5-9(8-17)3-4-11(12)18/h3-7,19H,18H2,1-2H3. The van der Waals surface area contributed by atoms with E-state index in [1.54, 1.807) is 37.4 Å². The molecule has 2 aromatic carbocycles. The van der Waals surface area contributed by atoms with Gasteiger partial charge in [-0.05, 0) is 24.3 Å². The fourth-order valence-corrected chi connectivity index (χ4v) is 2.08. The van der Waals surface area contributed by atoms with Crippen LogP contribution in [0.4, 0.5) is 17.1 Å². The van der Waals surface area contributed by atoms with E-state index in [4.69, 9.17) is 32.1 Å². The third kappa shape index (κ3) is 3.12. The molecule has 0 unspecified atom stereocenters. The highest BCUT2D eigenvalue weighted by atomic mass is 35.5. The molecule has 2 rings (SSSR count). The van der Waals surface area contributed by atoms with E-state index >= 15 is 0 Å². The van der Waals surface area contributed by atoms with Crippen molar-refractivity contribution in [2.75, 3.05) is 25.3 Å². The van der Waals surface area contributed by atoms with Crippen molar-refractivity contribution in [3.05, 3.63) is 40.9 Å². The number of anilines is 3. The number of nitrogen functional groups attached to an aromatic ring is 1. The number of ether oxygens (including phenoxy) is 2. The molecule has 0 fully saturated rings. The molecule has 108 valence electrons. The van der Waals surface area contributed by atoms with Crippen LogP contribution in [-0.4, -0.2) is 14.2 Å². The largest absolute Gasteiger partial charge is 0.495 e. The maximum absolute atomic E-state index is 8.95. The summed E-state index contributed by atoms with van der Waals surface area (Å²) in [6, 6.07) is 10.4. The predicted octanol–water partition coefficient (Wildman–Crippen LogP) is 3.55. The van der Waals surface area contributed by atoms with Crippen LogP contribution in [0.2, 0.25) is 5.02 Å². The lowest BCUT2D eigenvalue weighted by molar-refractivity contribution is 0.396. The molecule has 0 saturated carbocycles. The van der Waals surface area contributed by atoms with Crippen LogP contribution < -0.4 is 20.5 Å². The number of nitriles is 1. The van der Waals surface area contributed by atoms with Gasteiger partial charge in [0, 0.05) is 6.07 Å². The van der Waals surface area contributed by atoms with Crippen LogP contribution in [0, 0.1) is 11.3 Å². The Balaban J connectivity index is 2.44. The lowest BCUT2D eigenvalue weighted by Crippen LogP contribution is -2.00. The van der Waals surface area contributed by atoms with Gasteiger partial charge in [-0.25, -0.2) is 0 Å². The van der Waals surface area contributed by atoms with Gasteiger partial charge in [0.1, 0.15) is 11.5 Å². The topological polar surface area (TPSA) is 80.3 Å². The number of halogens is 1. The summed E-state index contributed by atoms with van der Waals surface area (Å²) >= 11 is 6.12. The molecule has 0 saturated heterocycles. The quantitative estimate of drug-likeness (QED) is 0.844. The molecule has 6 heteroatoms. The summed E-state index contributed by atoms with van der Waals surface area (Å²) in [5, 5.41) is 12.5. The zero-order valence-corrected chi connectivity index (χ0v) is 12.4. The van der Waals surface area contributed by atoms with E-state index in [1.807, 2.05) is 0 Å². The lowest BCUT2D eigenvalue weighted by atomic mass is 10.1. The number of benzene rings is 2. The van der Waals surface area contributed by atoms with Gasteiger partial charge in [0.25, 0.3) is 0 Å². The fourth-order valence-electron chi connectivity index (χ4n) is 1.84. The number of nitrogens with one attached hydrogen (secondary N) is 1. The molecule has 21 heavy (non-hydrogen) atoms. The number of nitrogens with two attached hydrogens (primary N) is 1. The van der Waals surface area contributed by atoms with Crippen LogP contribution >= 0.6 is 11.6 Å². The Morgan fingerprint density at radius 1 is 1.10 bits per heavy atom. The summed E-state index contributed by atoms with van der Waals surface area (Å²) in [7, 11) is 3.07. The molecule has 2 aromatic rings. The number of rotatable bonds is 4. The van der Waals surface area contributed by atoms with E-state index in [0.29, 0.717) is 39.1 Å². The van der Waals surface area contributed by atoms with E-state index in [1.165, 1.54) is 7.11 Å². The van der Waals surface area contributed by atoms with Crippen molar-refractivity contribution in [3.8, 4) is 17.6 Å². The van der Waals surface area contributed by atoms with Crippen molar-refractivity contribution in [2.24, 2.45) is 0 Å². The SMILES string of the molecule is COc1cc(OC)c(Nc2cc(C#N)ccc2N)cc1Cl. The maximum Gasteiger partial charge on any atom is 0.146 e. The van der Waals surface area contributed by atoms with Crippen LogP contribution in [0.3, 0.4) is 0 Å². The van der Waals surface area contributed by atoms with Gasteiger partial charge in [-0.15, -0.1) is 0 Å². The minimum atomic E-state index is 0.441.